The second-order valence-electron chi connectivity index (χ2n) is 6.84. The minimum absolute atomic E-state index is 0.117. The van der Waals surface area contributed by atoms with Gasteiger partial charge in [-0.25, -0.2) is 0 Å². The molecule has 0 saturated carbocycles. The van der Waals surface area contributed by atoms with Gasteiger partial charge in [-0.15, -0.1) is 0 Å². The second-order valence-corrected chi connectivity index (χ2v) is 7.28. The van der Waals surface area contributed by atoms with Crippen LogP contribution in [0.25, 0.3) is 10.8 Å². The Morgan fingerprint density at radius 1 is 0.704 bits per heavy atom. The average molecular weight is 371 g/mol. The first-order valence-corrected chi connectivity index (χ1v) is 9.13. The van der Waals surface area contributed by atoms with Crippen LogP contribution < -0.4 is 0 Å². The van der Waals surface area contributed by atoms with E-state index in [-0.39, 0.29) is 5.78 Å². The highest BCUT2D eigenvalue weighted by molar-refractivity contribution is 6.31. The van der Waals surface area contributed by atoms with Crippen LogP contribution in [0.3, 0.4) is 0 Å². The number of hydrogen-bond donors (Lipinski definition) is 1. The summed E-state index contributed by atoms with van der Waals surface area (Å²) in [5, 5.41) is 14.4. The van der Waals surface area contributed by atoms with E-state index in [4.69, 9.17) is 11.6 Å². The molecular weight excluding hydrogens is 356 g/mol. The van der Waals surface area contributed by atoms with Gasteiger partial charge in [-0.05, 0) is 40.6 Å². The summed E-state index contributed by atoms with van der Waals surface area (Å²) in [6, 6.07) is 26.2. The molecule has 0 radical (unpaired) electrons. The monoisotopic (exact) mass is 370 g/mol. The number of fused-ring (bicyclic) bond motifs is 3. The first-order valence-electron chi connectivity index (χ1n) is 8.75. The van der Waals surface area contributed by atoms with E-state index < -0.39 is 5.60 Å². The van der Waals surface area contributed by atoms with Crippen molar-refractivity contribution < 1.29 is 9.90 Å². The van der Waals surface area contributed by atoms with E-state index in [1.165, 1.54) is 0 Å². The van der Waals surface area contributed by atoms with E-state index >= 15 is 0 Å². The third-order valence-electron chi connectivity index (χ3n) is 5.33. The lowest BCUT2D eigenvalue weighted by Crippen LogP contribution is -2.36. The largest absolute Gasteiger partial charge is 0.376 e. The lowest BCUT2D eigenvalue weighted by molar-refractivity contribution is 0.0950. The van der Waals surface area contributed by atoms with Crippen LogP contribution in [0.1, 0.15) is 32.6 Å². The third-order valence-corrected chi connectivity index (χ3v) is 5.56. The van der Waals surface area contributed by atoms with Crippen molar-refractivity contribution in [2.24, 2.45) is 0 Å². The van der Waals surface area contributed by atoms with Gasteiger partial charge in [0.05, 0.1) is 0 Å². The molecule has 1 aliphatic rings. The van der Waals surface area contributed by atoms with Crippen LogP contribution in [0, 0.1) is 0 Å². The van der Waals surface area contributed by atoms with Crippen LogP contribution in [0.4, 0.5) is 0 Å². The maximum Gasteiger partial charge on any atom is 0.193 e. The van der Waals surface area contributed by atoms with Crippen LogP contribution in [0.2, 0.25) is 5.02 Å². The average Bonchev–Trinajstić information content (AvgIpc) is 2.71. The Morgan fingerprint density at radius 2 is 1.33 bits per heavy atom. The van der Waals surface area contributed by atoms with Crippen LogP contribution in [0.15, 0.2) is 84.9 Å². The summed E-state index contributed by atoms with van der Waals surface area (Å²) in [5.41, 5.74) is 1.41. The van der Waals surface area contributed by atoms with E-state index in [2.05, 4.69) is 0 Å². The molecule has 0 fully saturated rings. The molecule has 0 bridgehead atoms. The Bertz CT molecular complexity index is 1210. The number of hydrogen-bond acceptors (Lipinski definition) is 2. The fraction of sp³-hybridized carbons (Fsp3) is 0.0417. The molecule has 0 amide bonds. The van der Waals surface area contributed by atoms with E-state index in [1.54, 1.807) is 18.2 Å². The predicted octanol–water partition coefficient (Wildman–Crippen LogP) is 5.32. The van der Waals surface area contributed by atoms with Crippen LogP contribution in [0.5, 0.6) is 0 Å². The van der Waals surface area contributed by atoms with Gasteiger partial charge >= 0.3 is 0 Å². The normalized spacial score (nSPS) is 18.2. The third kappa shape index (κ3) is 2.27. The van der Waals surface area contributed by atoms with Gasteiger partial charge in [-0.1, -0.05) is 72.3 Å². The molecule has 3 heteroatoms. The summed E-state index contributed by atoms with van der Waals surface area (Å²) >= 11 is 6.17. The molecule has 0 aliphatic heterocycles. The van der Waals surface area contributed by atoms with Gasteiger partial charge in [-0.3, -0.25) is 4.79 Å². The predicted molar refractivity (Wildman–Crippen MR) is 107 cm³/mol. The summed E-state index contributed by atoms with van der Waals surface area (Å²) < 4.78 is 0. The maximum absolute atomic E-state index is 13.3. The Labute approximate surface area is 161 Å². The lowest BCUT2D eigenvalue weighted by atomic mass is 9.70. The molecule has 130 valence electrons. The number of halogens is 1. The molecule has 1 aliphatic carbocycles. The lowest BCUT2D eigenvalue weighted by Gasteiger charge is -2.36. The van der Waals surface area contributed by atoms with Gasteiger partial charge in [0, 0.05) is 27.3 Å². The number of carbonyl (C=O) groups excluding carboxylic acids is 1. The van der Waals surface area contributed by atoms with Gasteiger partial charge in [0.25, 0.3) is 0 Å². The molecule has 2 nitrogen and oxygen atoms in total. The van der Waals surface area contributed by atoms with Crippen molar-refractivity contribution >= 4 is 28.2 Å². The Hall–Kier alpha value is -2.94. The highest BCUT2D eigenvalue weighted by Gasteiger charge is 2.43. The molecule has 0 aromatic heterocycles. The Balaban J connectivity index is 1.93. The minimum Gasteiger partial charge on any atom is -0.376 e. The van der Waals surface area contributed by atoms with Gasteiger partial charge in [0.15, 0.2) is 5.78 Å². The van der Waals surface area contributed by atoms with E-state index in [9.17, 15) is 9.90 Å². The molecular formula is C24H15ClO2. The van der Waals surface area contributed by atoms with Gasteiger partial charge < -0.3 is 5.11 Å². The molecule has 0 spiro atoms. The first kappa shape index (κ1) is 16.2. The molecule has 1 atom stereocenters. The Morgan fingerprint density at radius 3 is 2.07 bits per heavy atom. The van der Waals surface area contributed by atoms with Gasteiger partial charge in [-0.2, -0.15) is 0 Å². The maximum atomic E-state index is 13.3. The number of carbonyl (C=O) groups is 1. The minimum atomic E-state index is -1.42. The van der Waals surface area contributed by atoms with Crippen molar-refractivity contribution in [3.63, 3.8) is 0 Å². The first-order chi connectivity index (χ1) is 13.1. The quantitative estimate of drug-likeness (QED) is 0.492. The van der Waals surface area contributed by atoms with Crippen molar-refractivity contribution in [1.29, 1.82) is 0 Å². The van der Waals surface area contributed by atoms with Crippen LogP contribution in [-0.4, -0.2) is 10.9 Å². The Kier molecular flexibility index (Phi) is 3.48. The van der Waals surface area contributed by atoms with E-state index in [0.29, 0.717) is 27.3 Å². The molecule has 5 rings (SSSR count). The summed E-state index contributed by atoms with van der Waals surface area (Å²) in [6.45, 7) is 0. The zero-order valence-corrected chi connectivity index (χ0v) is 15.1. The molecule has 1 unspecified atom stereocenters. The molecule has 4 aromatic rings. The summed E-state index contributed by atoms with van der Waals surface area (Å²) in [7, 11) is 0. The van der Waals surface area contributed by atoms with Crippen molar-refractivity contribution in [3.8, 4) is 0 Å². The van der Waals surface area contributed by atoms with Crippen molar-refractivity contribution in [1.82, 2.24) is 0 Å². The molecule has 1 N–H and O–H groups in total. The molecule has 0 saturated heterocycles. The van der Waals surface area contributed by atoms with Crippen LogP contribution >= 0.6 is 11.6 Å². The number of aliphatic hydroxyl groups is 1. The highest BCUT2D eigenvalue weighted by Crippen LogP contribution is 2.46. The number of benzene rings is 4. The van der Waals surface area contributed by atoms with Crippen molar-refractivity contribution in [2.45, 2.75) is 5.60 Å². The molecule has 4 aromatic carbocycles. The SMILES string of the molecule is O=C1c2cc(Cl)ccc2C(O)(c2ccccc2)c2cc3ccccc3cc21. The number of ketones is 1. The zero-order valence-electron chi connectivity index (χ0n) is 14.3. The highest BCUT2D eigenvalue weighted by atomic mass is 35.5. The summed E-state index contributed by atoms with van der Waals surface area (Å²) in [4.78, 5) is 13.3. The topological polar surface area (TPSA) is 37.3 Å². The smallest absolute Gasteiger partial charge is 0.193 e. The zero-order chi connectivity index (χ0) is 18.6. The fourth-order valence-electron chi connectivity index (χ4n) is 4.03. The van der Waals surface area contributed by atoms with Crippen molar-refractivity contribution in [2.75, 3.05) is 0 Å². The van der Waals surface area contributed by atoms with Crippen molar-refractivity contribution in [3.05, 3.63) is 118 Å². The van der Waals surface area contributed by atoms with Crippen LogP contribution in [-0.2, 0) is 5.60 Å². The van der Waals surface area contributed by atoms with E-state index in [0.717, 1.165) is 16.3 Å². The van der Waals surface area contributed by atoms with Gasteiger partial charge in [0.2, 0.25) is 0 Å². The van der Waals surface area contributed by atoms with E-state index in [1.807, 2.05) is 66.7 Å². The molecule has 0 heterocycles. The summed E-state index contributed by atoms with van der Waals surface area (Å²) in [5.74, 6) is -0.117. The fourth-order valence-corrected chi connectivity index (χ4v) is 4.20. The number of rotatable bonds is 1. The standard InChI is InChI=1S/C24H15ClO2/c25-18-10-11-21-20(14-18)23(26)19-12-15-6-4-5-7-16(15)13-22(19)24(21,27)17-8-2-1-3-9-17/h1-14,27H. The summed E-state index contributed by atoms with van der Waals surface area (Å²) in [6.07, 6.45) is 0. The second kappa shape index (κ2) is 5.78. The van der Waals surface area contributed by atoms with Gasteiger partial charge in [0.1, 0.15) is 5.60 Å². The molecule has 27 heavy (non-hydrogen) atoms.